The van der Waals surface area contributed by atoms with E-state index >= 15 is 0 Å². The smallest absolute Gasteiger partial charge is 0.268 e. The SMILES string of the molecule is COc1ccc(S(=O)(=O)n2cc(C(F)F)c3cc(Cl)c(Cl)cc32)cc1N1CCOCC1. The van der Waals surface area contributed by atoms with E-state index in [-0.39, 0.29) is 25.8 Å². The van der Waals surface area contributed by atoms with Gasteiger partial charge in [-0.3, -0.25) is 0 Å². The zero-order valence-corrected chi connectivity index (χ0v) is 18.6. The Bertz CT molecular complexity index is 1240. The fourth-order valence-electron chi connectivity index (χ4n) is 3.58. The molecule has 0 unspecified atom stereocenters. The van der Waals surface area contributed by atoms with Crippen LogP contribution in [0.4, 0.5) is 14.5 Å². The summed E-state index contributed by atoms with van der Waals surface area (Å²) in [4.78, 5) is 1.88. The van der Waals surface area contributed by atoms with E-state index in [4.69, 9.17) is 32.7 Å². The van der Waals surface area contributed by atoms with Gasteiger partial charge in [-0.15, -0.1) is 0 Å². The average Bonchev–Trinajstić information content (AvgIpc) is 3.13. The Morgan fingerprint density at radius 2 is 1.77 bits per heavy atom. The Labute approximate surface area is 187 Å². The summed E-state index contributed by atoms with van der Waals surface area (Å²) in [5, 5.41) is 0.147. The van der Waals surface area contributed by atoms with Crippen LogP contribution in [0.1, 0.15) is 12.0 Å². The third kappa shape index (κ3) is 3.95. The van der Waals surface area contributed by atoms with Gasteiger partial charge >= 0.3 is 0 Å². The molecule has 1 aromatic heterocycles. The number of benzene rings is 2. The van der Waals surface area contributed by atoms with Gasteiger partial charge in [0.25, 0.3) is 16.4 Å². The molecule has 0 spiro atoms. The van der Waals surface area contributed by atoms with Crippen LogP contribution in [-0.4, -0.2) is 45.8 Å². The highest BCUT2D eigenvalue weighted by atomic mass is 35.5. The second-order valence-corrected chi connectivity index (χ2v) is 9.53. The summed E-state index contributed by atoms with van der Waals surface area (Å²) in [5.41, 5.74) is 0.158. The number of fused-ring (bicyclic) bond motifs is 1. The lowest BCUT2D eigenvalue weighted by Gasteiger charge is -2.30. The monoisotopic (exact) mass is 490 g/mol. The standard InChI is InChI=1S/C20H18Cl2F2N2O4S/c1-29-19-3-2-12(8-18(19)25-4-6-30-7-5-25)31(27,28)26-11-14(20(23)24)13-9-15(21)16(22)10-17(13)26/h2-3,8-11,20H,4-7H2,1H3. The third-order valence-corrected chi connectivity index (χ3v) is 7.53. The highest BCUT2D eigenvalue weighted by molar-refractivity contribution is 7.90. The van der Waals surface area contributed by atoms with E-state index < -0.39 is 22.0 Å². The molecule has 0 radical (unpaired) electrons. The predicted molar refractivity (Wildman–Crippen MR) is 116 cm³/mol. The molecule has 2 aromatic carbocycles. The molecule has 1 aliphatic heterocycles. The lowest BCUT2D eigenvalue weighted by molar-refractivity contribution is 0.122. The first-order chi connectivity index (χ1) is 14.7. The van der Waals surface area contributed by atoms with Crippen LogP contribution in [0, 0.1) is 0 Å². The van der Waals surface area contributed by atoms with Gasteiger partial charge in [0.05, 0.1) is 46.5 Å². The van der Waals surface area contributed by atoms with Crippen molar-refractivity contribution < 1.29 is 26.7 Å². The summed E-state index contributed by atoms with van der Waals surface area (Å²) in [6.45, 7) is 2.13. The fraction of sp³-hybridized carbons (Fsp3) is 0.300. The van der Waals surface area contributed by atoms with E-state index in [2.05, 4.69) is 0 Å². The van der Waals surface area contributed by atoms with Crippen LogP contribution < -0.4 is 9.64 Å². The molecule has 0 bridgehead atoms. The topological polar surface area (TPSA) is 60.8 Å². The van der Waals surface area contributed by atoms with Crippen LogP contribution in [0.2, 0.25) is 10.0 Å². The van der Waals surface area contributed by atoms with Crippen molar-refractivity contribution >= 4 is 49.8 Å². The summed E-state index contributed by atoms with van der Waals surface area (Å²) in [6.07, 6.45) is -1.98. The normalized spacial score (nSPS) is 15.1. The molecule has 31 heavy (non-hydrogen) atoms. The molecule has 1 aliphatic rings. The summed E-state index contributed by atoms with van der Waals surface area (Å²) < 4.78 is 65.7. The summed E-state index contributed by atoms with van der Waals surface area (Å²) in [6, 6.07) is 6.92. The Hall–Kier alpha value is -2.07. The molecule has 0 saturated carbocycles. The molecule has 1 saturated heterocycles. The molecule has 0 atom stereocenters. The first-order valence-corrected chi connectivity index (χ1v) is 11.5. The van der Waals surface area contributed by atoms with Crippen molar-refractivity contribution in [3.05, 3.63) is 52.1 Å². The Morgan fingerprint density at radius 1 is 1.10 bits per heavy atom. The number of methoxy groups -OCH3 is 1. The van der Waals surface area contributed by atoms with E-state index in [0.29, 0.717) is 37.7 Å². The number of morpholine rings is 1. The summed E-state index contributed by atoms with van der Waals surface area (Å²) >= 11 is 12.0. The quantitative estimate of drug-likeness (QED) is 0.505. The number of ether oxygens (including phenoxy) is 2. The zero-order chi connectivity index (χ0) is 22.3. The number of halogens is 4. The van der Waals surface area contributed by atoms with Gasteiger partial charge < -0.3 is 14.4 Å². The van der Waals surface area contributed by atoms with Crippen molar-refractivity contribution in [1.29, 1.82) is 0 Å². The van der Waals surface area contributed by atoms with Crippen molar-refractivity contribution in [1.82, 2.24) is 3.97 Å². The predicted octanol–water partition coefficient (Wildman–Crippen LogP) is 4.97. The second-order valence-electron chi connectivity index (χ2n) is 6.90. The molecule has 11 heteroatoms. The molecule has 0 N–H and O–H groups in total. The molecule has 2 heterocycles. The van der Waals surface area contributed by atoms with Crippen LogP contribution in [0.5, 0.6) is 5.75 Å². The highest BCUT2D eigenvalue weighted by Gasteiger charge is 2.27. The van der Waals surface area contributed by atoms with Gasteiger partial charge in [-0.1, -0.05) is 23.2 Å². The number of hydrogen-bond acceptors (Lipinski definition) is 5. The third-order valence-electron chi connectivity index (χ3n) is 5.14. The Kier molecular flexibility index (Phi) is 6.04. The molecule has 166 valence electrons. The molecule has 1 fully saturated rings. The lowest BCUT2D eigenvalue weighted by Crippen LogP contribution is -2.36. The van der Waals surface area contributed by atoms with E-state index in [0.717, 1.165) is 10.2 Å². The molecule has 0 aliphatic carbocycles. The number of hydrogen-bond donors (Lipinski definition) is 0. The van der Waals surface area contributed by atoms with Crippen LogP contribution >= 0.6 is 23.2 Å². The average molecular weight is 491 g/mol. The highest BCUT2D eigenvalue weighted by Crippen LogP contribution is 2.38. The minimum atomic E-state index is -4.23. The van der Waals surface area contributed by atoms with Gasteiger partial charge in [-0.25, -0.2) is 21.2 Å². The molecule has 6 nitrogen and oxygen atoms in total. The lowest BCUT2D eigenvalue weighted by atomic mass is 10.2. The first kappa shape index (κ1) is 22.1. The van der Waals surface area contributed by atoms with E-state index in [1.807, 2.05) is 4.90 Å². The van der Waals surface area contributed by atoms with E-state index in [1.165, 1.54) is 31.4 Å². The molecular weight excluding hydrogens is 473 g/mol. The van der Waals surface area contributed by atoms with E-state index in [9.17, 15) is 17.2 Å². The van der Waals surface area contributed by atoms with Gasteiger partial charge in [0.15, 0.2) is 0 Å². The van der Waals surface area contributed by atoms with Gasteiger partial charge in [-0.05, 0) is 30.3 Å². The Morgan fingerprint density at radius 3 is 2.42 bits per heavy atom. The maximum absolute atomic E-state index is 13.6. The van der Waals surface area contributed by atoms with Crippen LogP contribution in [0.15, 0.2) is 41.4 Å². The minimum Gasteiger partial charge on any atom is -0.495 e. The van der Waals surface area contributed by atoms with Gasteiger partial charge in [-0.2, -0.15) is 0 Å². The van der Waals surface area contributed by atoms with Crippen molar-refractivity contribution in [3.63, 3.8) is 0 Å². The fourth-order valence-corrected chi connectivity index (χ4v) is 5.29. The van der Waals surface area contributed by atoms with Gasteiger partial charge in [0.1, 0.15) is 5.75 Å². The van der Waals surface area contributed by atoms with Crippen molar-refractivity contribution in [3.8, 4) is 5.75 Å². The number of aromatic nitrogens is 1. The van der Waals surface area contributed by atoms with Crippen LogP contribution in [-0.2, 0) is 14.8 Å². The number of alkyl halides is 2. The van der Waals surface area contributed by atoms with Crippen molar-refractivity contribution in [2.24, 2.45) is 0 Å². The maximum atomic E-state index is 13.6. The largest absolute Gasteiger partial charge is 0.495 e. The second kappa shape index (κ2) is 8.46. The summed E-state index contributed by atoms with van der Waals surface area (Å²) in [5.74, 6) is 0.501. The molecule has 3 aromatic rings. The maximum Gasteiger partial charge on any atom is 0.268 e. The number of nitrogens with zero attached hydrogens (tertiary/aromatic N) is 2. The molecule has 4 rings (SSSR count). The molecule has 0 amide bonds. The number of anilines is 1. The van der Waals surface area contributed by atoms with Crippen molar-refractivity contribution in [2.45, 2.75) is 11.3 Å². The Balaban J connectivity index is 1.89. The summed E-state index contributed by atoms with van der Waals surface area (Å²) in [7, 11) is -2.73. The first-order valence-electron chi connectivity index (χ1n) is 9.28. The van der Waals surface area contributed by atoms with Crippen LogP contribution in [0.3, 0.4) is 0 Å². The van der Waals surface area contributed by atoms with Gasteiger partial charge in [0, 0.05) is 30.2 Å². The van der Waals surface area contributed by atoms with Crippen LogP contribution in [0.25, 0.3) is 10.9 Å². The van der Waals surface area contributed by atoms with E-state index in [1.54, 1.807) is 6.07 Å². The molecular formula is C20H18Cl2F2N2O4S. The van der Waals surface area contributed by atoms with Crippen molar-refractivity contribution in [2.75, 3.05) is 38.3 Å². The minimum absolute atomic E-state index is 0.0217. The van der Waals surface area contributed by atoms with Gasteiger partial charge in [0.2, 0.25) is 0 Å². The zero-order valence-electron chi connectivity index (χ0n) is 16.3. The number of rotatable bonds is 5.